The number of sulfonamides is 1. The molecule has 1 aliphatic rings. The molecule has 0 unspecified atom stereocenters. The molecule has 2 atom stereocenters. The van der Waals surface area contributed by atoms with Crippen molar-refractivity contribution in [2.45, 2.75) is 50.3 Å². The van der Waals surface area contributed by atoms with E-state index in [1.807, 2.05) is 12.1 Å². The molecule has 19 heavy (non-hydrogen) atoms. The number of hydrogen-bond acceptors (Lipinski definition) is 2. The number of hydrogen-bond donors (Lipinski definition) is 1. The average Bonchev–Trinajstić information content (AvgIpc) is 2.77. The van der Waals surface area contributed by atoms with E-state index in [0.29, 0.717) is 5.92 Å². The molecule has 0 heterocycles. The standard InChI is InChI=1S/C14H20BrNO2S/c1-10(2)19(17,18)16-14-5-3-4-13(14)11-6-8-12(15)9-7-11/h6-10,13-14,16H,3-5H2,1-2H3/t13-,14-/m0/s1. The predicted octanol–water partition coefficient (Wildman–Crippen LogP) is 3.41. The highest BCUT2D eigenvalue weighted by atomic mass is 79.9. The Balaban J connectivity index is 2.15. The van der Waals surface area contributed by atoms with Gasteiger partial charge in [0.15, 0.2) is 0 Å². The fourth-order valence-electron chi connectivity index (χ4n) is 2.56. The van der Waals surface area contributed by atoms with Crippen molar-refractivity contribution >= 4 is 26.0 Å². The van der Waals surface area contributed by atoms with Gasteiger partial charge in [-0.2, -0.15) is 0 Å². The van der Waals surface area contributed by atoms with Crippen LogP contribution in [-0.2, 0) is 10.0 Å². The van der Waals surface area contributed by atoms with Crippen LogP contribution in [0.1, 0.15) is 44.6 Å². The van der Waals surface area contributed by atoms with Crippen LogP contribution in [-0.4, -0.2) is 19.7 Å². The molecule has 0 amide bonds. The Morgan fingerprint density at radius 1 is 1.21 bits per heavy atom. The summed E-state index contributed by atoms with van der Waals surface area (Å²) < 4.78 is 27.9. The van der Waals surface area contributed by atoms with Gasteiger partial charge in [0.1, 0.15) is 0 Å². The third kappa shape index (κ3) is 3.58. The molecule has 0 radical (unpaired) electrons. The number of rotatable bonds is 4. The first-order valence-electron chi connectivity index (χ1n) is 6.67. The molecule has 1 saturated carbocycles. The molecule has 0 bridgehead atoms. The molecule has 0 aromatic heterocycles. The number of halogens is 1. The van der Waals surface area contributed by atoms with Crippen LogP contribution in [0.4, 0.5) is 0 Å². The van der Waals surface area contributed by atoms with Crippen LogP contribution in [0.5, 0.6) is 0 Å². The van der Waals surface area contributed by atoms with Gasteiger partial charge in [0, 0.05) is 16.4 Å². The van der Waals surface area contributed by atoms with Gasteiger partial charge in [0.2, 0.25) is 10.0 Å². The van der Waals surface area contributed by atoms with E-state index in [2.05, 4.69) is 32.8 Å². The minimum Gasteiger partial charge on any atom is -0.212 e. The van der Waals surface area contributed by atoms with Crippen molar-refractivity contribution in [3.05, 3.63) is 34.3 Å². The van der Waals surface area contributed by atoms with Crippen molar-refractivity contribution in [1.82, 2.24) is 4.72 Å². The Kier molecular flexibility index (Phi) is 4.69. The summed E-state index contributed by atoms with van der Waals surface area (Å²) in [5.41, 5.74) is 1.22. The van der Waals surface area contributed by atoms with Gasteiger partial charge in [-0.1, -0.05) is 34.5 Å². The molecule has 1 fully saturated rings. The van der Waals surface area contributed by atoms with Gasteiger partial charge in [-0.25, -0.2) is 13.1 Å². The summed E-state index contributed by atoms with van der Waals surface area (Å²) in [7, 11) is -3.19. The summed E-state index contributed by atoms with van der Waals surface area (Å²) in [6, 6.07) is 8.23. The van der Waals surface area contributed by atoms with Gasteiger partial charge < -0.3 is 0 Å². The van der Waals surface area contributed by atoms with E-state index in [1.54, 1.807) is 13.8 Å². The van der Waals surface area contributed by atoms with E-state index in [0.717, 1.165) is 23.7 Å². The molecule has 1 N–H and O–H groups in total. The van der Waals surface area contributed by atoms with Gasteiger partial charge in [0.05, 0.1) is 5.25 Å². The first kappa shape index (κ1) is 15.0. The lowest BCUT2D eigenvalue weighted by molar-refractivity contribution is 0.519. The minimum absolute atomic E-state index is 0.0357. The second kappa shape index (κ2) is 5.94. The largest absolute Gasteiger partial charge is 0.214 e. The van der Waals surface area contributed by atoms with Gasteiger partial charge in [-0.15, -0.1) is 0 Å². The van der Waals surface area contributed by atoms with E-state index >= 15 is 0 Å². The third-order valence-corrected chi connectivity index (χ3v) is 6.15. The highest BCUT2D eigenvalue weighted by Gasteiger charge is 2.32. The molecule has 106 valence electrons. The number of nitrogens with one attached hydrogen (secondary N) is 1. The monoisotopic (exact) mass is 345 g/mol. The zero-order valence-corrected chi connectivity index (χ0v) is 13.7. The van der Waals surface area contributed by atoms with Crippen LogP contribution in [0.15, 0.2) is 28.7 Å². The highest BCUT2D eigenvalue weighted by molar-refractivity contribution is 9.10. The molecule has 2 rings (SSSR count). The molecule has 1 aromatic carbocycles. The van der Waals surface area contributed by atoms with Crippen molar-refractivity contribution in [3.63, 3.8) is 0 Å². The zero-order valence-electron chi connectivity index (χ0n) is 11.3. The first-order valence-corrected chi connectivity index (χ1v) is 9.00. The van der Waals surface area contributed by atoms with Crippen molar-refractivity contribution in [2.75, 3.05) is 0 Å². The van der Waals surface area contributed by atoms with E-state index < -0.39 is 10.0 Å². The Morgan fingerprint density at radius 3 is 2.42 bits per heavy atom. The van der Waals surface area contributed by atoms with Crippen LogP contribution in [0.2, 0.25) is 0 Å². The topological polar surface area (TPSA) is 46.2 Å². The lowest BCUT2D eigenvalue weighted by Gasteiger charge is -2.22. The number of benzene rings is 1. The second-order valence-electron chi connectivity index (χ2n) is 5.41. The van der Waals surface area contributed by atoms with Crippen LogP contribution < -0.4 is 4.72 Å². The van der Waals surface area contributed by atoms with E-state index in [4.69, 9.17) is 0 Å². The summed E-state index contributed by atoms with van der Waals surface area (Å²) in [6.45, 7) is 3.43. The van der Waals surface area contributed by atoms with Crippen molar-refractivity contribution in [1.29, 1.82) is 0 Å². The minimum atomic E-state index is -3.19. The fraction of sp³-hybridized carbons (Fsp3) is 0.571. The van der Waals surface area contributed by atoms with Crippen LogP contribution in [0.25, 0.3) is 0 Å². The normalized spacial score (nSPS) is 24.0. The third-order valence-electron chi connectivity index (χ3n) is 3.75. The van der Waals surface area contributed by atoms with Gasteiger partial charge >= 0.3 is 0 Å². The summed E-state index contributed by atoms with van der Waals surface area (Å²) in [4.78, 5) is 0. The van der Waals surface area contributed by atoms with Crippen LogP contribution in [0.3, 0.4) is 0 Å². The smallest absolute Gasteiger partial charge is 0.212 e. The lowest BCUT2D eigenvalue weighted by Crippen LogP contribution is -2.40. The molecule has 0 aliphatic heterocycles. The quantitative estimate of drug-likeness (QED) is 0.908. The molecular weight excluding hydrogens is 326 g/mol. The zero-order chi connectivity index (χ0) is 14.0. The molecule has 3 nitrogen and oxygen atoms in total. The van der Waals surface area contributed by atoms with Crippen molar-refractivity contribution in [3.8, 4) is 0 Å². The average molecular weight is 346 g/mol. The summed E-state index contributed by atoms with van der Waals surface area (Å²) in [5, 5.41) is -0.376. The maximum Gasteiger partial charge on any atom is 0.214 e. The van der Waals surface area contributed by atoms with E-state index in [-0.39, 0.29) is 11.3 Å². The van der Waals surface area contributed by atoms with Crippen LogP contribution >= 0.6 is 15.9 Å². The van der Waals surface area contributed by atoms with Crippen molar-refractivity contribution in [2.24, 2.45) is 0 Å². The Morgan fingerprint density at radius 2 is 1.84 bits per heavy atom. The molecule has 0 spiro atoms. The van der Waals surface area contributed by atoms with Crippen molar-refractivity contribution < 1.29 is 8.42 Å². The lowest BCUT2D eigenvalue weighted by atomic mass is 9.95. The fourth-order valence-corrected chi connectivity index (χ4v) is 3.80. The maximum absolute atomic E-state index is 12.0. The predicted molar refractivity (Wildman–Crippen MR) is 81.7 cm³/mol. The Bertz CT molecular complexity index is 525. The Labute approximate surface area is 124 Å². The summed E-state index contributed by atoms with van der Waals surface area (Å²) in [6.07, 6.45) is 3.05. The first-order chi connectivity index (χ1) is 8.90. The second-order valence-corrected chi connectivity index (χ2v) is 8.59. The van der Waals surface area contributed by atoms with Gasteiger partial charge in [-0.05, 0) is 44.4 Å². The molecule has 1 aromatic rings. The summed E-state index contributed by atoms with van der Waals surface area (Å²) in [5.74, 6) is 0.293. The molecule has 0 saturated heterocycles. The molecule has 1 aliphatic carbocycles. The van der Waals surface area contributed by atoms with E-state index in [1.165, 1.54) is 5.56 Å². The maximum atomic E-state index is 12.0. The summed E-state index contributed by atoms with van der Waals surface area (Å²) >= 11 is 3.43. The van der Waals surface area contributed by atoms with E-state index in [9.17, 15) is 8.42 Å². The SMILES string of the molecule is CC(C)S(=O)(=O)N[C@H]1CCC[C@H]1c1ccc(Br)cc1. The highest BCUT2D eigenvalue weighted by Crippen LogP contribution is 2.35. The van der Waals surface area contributed by atoms with Gasteiger partial charge in [0.25, 0.3) is 0 Å². The molecule has 5 heteroatoms. The molecular formula is C14H20BrNO2S. The Hall–Kier alpha value is -0.390. The van der Waals surface area contributed by atoms with Gasteiger partial charge in [-0.3, -0.25) is 0 Å². The van der Waals surface area contributed by atoms with Crippen LogP contribution in [0, 0.1) is 0 Å².